The minimum absolute atomic E-state index is 0.124. The molecule has 2 nitrogen and oxygen atoms in total. The summed E-state index contributed by atoms with van der Waals surface area (Å²) in [5, 5.41) is 8.97. The zero-order valence-electron chi connectivity index (χ0n) is 10.1. The zero-order valence-corrected chi connectivity index (χ0v) is 10.9. The van der Waals surface area contributed by atoms with Gasteiger partial charge in [-0.15, -0.1) is 11.8 Å². The third kappa shape index (κ3) is 3.50. The van der Waals surface area contributed by atoms with E-state index in [9.17, 15) is 4.79 Å². The molecule has 18 heavy (non-hydrogen) atoms. The van der Waals surface area contributed by atoms with Gasteiger partial charge >= 0.3 is 5.97 Å². The second-order valence-corrected chi connectivity index (χ2v) is 5.27. The van der Waals surface area contributed by atoms with Gasteiger partial charge in [0.15, 0.2) is 0 Å². The summed E-state index contributed by atoms with van der Waals surface area (Å²) >= 11 is 1.47. The van der Waals surface area contributed by atoms with Crippen LogP contribution in [0.4, 0.5) is 0 Å². The molecule has 94 valence electrons. The molecule has 0 bridgehead atoms. The average Bonchev–Trinajstić information content (AvgIpc) is 2.41. The van der Waals surface area contributed by atoms with E-state index >= 15 is 0 Å². The molecule has 1 aromatic rings. The van der Waals surface area contributed by atoms with Crippen molar-refractivity contribution in [3.63, 3.8) is 0 Å². The fourth-order valence-electron chi connectivity index (χ4n) is 2.00. The van der Waals surface area contributed by atoms with Crippen molar-refractivity contribution in [2.24, 2.45) is 0 Å². The number of allylic oxidation sites excluding steroid dienone is 3. The SMILES string of the molecule is O=C(O)CSC(C1=CCCC=C1)c1ccccc1. The number of thioether (sulfide) groups is 1. The van der Waals surface area contributed by atoms with Crippen LogP contribution in [0.1, 0.15) is 23.7 Å². The molecule has 0 spiro atoms. The molecule has 0 radical (unpaired) electrons. The molecule has 1 unspecified atom stereocenters. The maximum atomic E-state index is 10.8. The van der Waals surface area contributed by atoms with Crippen molar-refractivity contribution >= 4 is 17.7 Å². The first-order valence-electron chi connectivity index (χ1n) is 6.02. The molecular weight excluding hydrogens is 244 g/mol. The van der Waals surface area contributed by atoms with Gasteiger partial charge in [-0.05, 0) is 24.0 Å². The maximum Gasteiger partial charge on any atom is 0.313 e. The summed E-state index contributed by atoms with van der Waals surface area (Å²) in [6.45, 7) is 0. The van der Waals surface area contributed by atoms with Gasteiger partial charge in [0.05, 0.1) is 11.0 Å². The first-order chi connectivity index (χ1) is 8.77. The largest absolute Gasteiger partial charge is 0.481 e. The summed E-state index contributed by atoms with van der Waals surface area (Å²) in [4.78, 5) is 10.8. The topological polar surface area (TPSA) is 37.3 Å². The third-order valence-corrected chi connectivity index (χ3v) is 4.09. The van der Waals surface area contributed by atoms with E-state index in [2.05, 4.69) is 30.4 Å². The van der Waals surface area contributed by atoms with Crippen molar-refractivity contribution in [1.82, 2.24) is 0 Å². The predicted molar refractivity (Wildman–Crippen MR) is 75.7 cm³/mol. The van der Waals surface area contributed by atoms with Crippen LogP contribution >= 0.6 is 11.8 Å². The molecule has 1 atom stereocenters. The first-order valence-corrected chi connectivity index (χ1v) is 7.07. The highest BCUT2D eigenvalue weighted by molar-refractivity contribution is 8.00. The Kier molecular flexibility index (Phi) is 4.65. The average molecular weight is 260 g/mol. The molecular formula is C15H16O2S. The highest BCUT2D eigenvalue weighted by Gasteiger charge is 2.17. The summed E-state index contributed by atoms with van der Waals surface area (Å²) in [6, 6.07) is 10.1. The van der Waals surface area contributed by atoms with Crippen LogP contribution in [0.5, 0.6) is 0 Å². The number of carbonyl (C=O) groups is 1. The van der Waals surface area contributed by atoms with Gasteiger partial charge in [0.1, 0.15) is 0 Å². The van der Waals surface area contributed by atoms with Crippen LogP contribution in [0, 0.1) is 0 Å². The van der Waals surface area contributed by atoms with E-state index in [4.69, 9.17) is 5.11 Å². The van der Waals surface area contributed by atoms with Gasteiger partial charge < -0.3 is 5.11 Å². The van der Waals surface area contributed by atoms with Crippen LogP contribution in [-0.2, 0) is 4.79 Å². The maximum absolute atomic E-state index is 10.8. The molecule has 1 aromatic carbocycles. The van der Waals surface area contributed by atoms with Gasteiger partial charge in [-0.3, -0.25) is 4.79 Å². The van der Waals surface area contributed by atoms with E-state index in [0.29, 0.717) is 0 Å². The zero-order chi connectivity index (χ0) is 12.8. The van der Waals surface area contributed by atoms with E-state index in [1.54, 1.807) is 0 Å². The molecule has 0 saturated heterocycles. The molecule has 1 aliphatic rings. The van der Waals surface area contributed by atoms with Crippen LogP contribution in [0.25, 0.3) is 0 Å². The standard InChI is InChI=1S/C15H16O2S/c16-14(17)11-18-15(12-7-3-1-4-8-12)13-9-5-2-6-10-13/h1,3-5,7-10,15H,2,6,11H2,(H,16,17). The Morgan fingerprint density at radius 3 is 2.67 bits per heavy atom. The normalized spacial score (nSPS) is 16.1. The molecule has 0 saturated carbocycles. The molecule has 0 fully saturated rings. The van der Waals surface area contributed by atoms with E-state index in [0.717, 1.165) is 12.8 Å². The second kappa shape index (κ2) is 6.45. The first kappa shape index (κ1) is 13.0. The van der Waals surface area contributed by atoms with Gasteiger partial charge in [-0.25, -0.2) is 0 Å². The molecule has 0 amide bonds. The lowest BCUT2D eigenvalue weighted by Gasteiger charge is -2.19. The Balaban J connectivity index is 2.20. The van der Waals surface area contributed by atoms with Crippen LogP contribution in [0.3, 0.4) is 0 Å². The van der Waals surface area contributed by atoms with E-state index in [1.165, 1.54) is 22.9 Å². The highest BCUT2D eigenvalue weighted by Crippen LogP contribution is 2.37. The van der Waals surface area contributed by atoms with Crippen LogP contribution in [-0.4, -0.2) is 16.8 Å². The van der Waals surface area contributed by atoms with Crippen molar-refractivity contribution in [2.75, 3.05) is 5.75 Å². The Hall–Kier alpha value is -1.48. The smallest absolute Gasteiger partial charge is 0.313 e. The fourth-order valence-corrected chi connectivity index (χ4v) is 3.02. The Morgan fingerprint density at radius 2 is 2.06 bits per heavy atom. The number of rotatable bonds is 5. The van der Waals surface area contributed by atoms with Crippen molar-refractivity contribution in [2.45, 2.75) is 18.1 Å². The molecule has 1 N–H and O–H groups in total. The van der Waals surface area contributed by atoms with Crippen LogP contribution in [0.15, 0.2) is 54.1 Å². The van der Waals surface area contributed by atoms with Gasteiger partial charge in [0, 0.05) is 0 Å². The Bertz CT molecular complexity index is 463. The van der Waals surface area contributed by atoms with Crippen molar-refractivity contribution in [3.05, 3.63) is 59.7 Å². The summed E-state index contributed by atoms with van der Waals surface area (Å²) in [5.74, 6) is -0.633. The van der Waals surface area contributed by atoms with Gasteiger partial charge in [-0.2, -0.15) is 0 Å². The number of hydrogen-bond donors (Lipinski definition) is 1. The monoisotopic (exact) mass is 260 g/mol. The van der Waals surface area contributed by atoms with Crippen LogP contribution < -0.4 is 0 Å². The molecule has 0 heterocycles. The summed E-state index contributed by atoms with van der Waals surface area (Å²) in [6.07, 6.45) is 8.62. The second-order valence-electron chi connectivity index (χ2n) is 4.18. The summed E-state index contributed by atoms with van der Waals surface area (Å²) < 4.78 is 0. The van der Waals surface area contributed by atoms with Crippen molar-refractivity contribution in [3.8, 4) is 0 Å². The van der Waals surface area contributed by atoms with Gasteiger partial charge in [0.2, 0.25) is 0 Å². The highest BCUT2D eigenvalue weighted by atomic mass is 32.2. The molecule has 0 aliphatic heterocycles. The lowest BCUT2D eigenvalue weighted by Crippen LogP contribution is -2.05. The number of hydrogen-bond acceptors (Lipinski definition) is 2. The van der Waals surface area contributed by atoms with E-state index < -0.39 is 5.97 Å². The Morgan fingerprint density at radius 1 is 1.28 bits per heavy atom. The minimum Gasteiger partial charge on any atom is -0.481 e. The number of benzene rings is 1. The minimum atomic E-state index is -0.763. The third-order valence-electron chi connectivity index (χ3n) is 2.80. The quantitative estimate of drug-likeness (QED) is 0.874. The molecule has 3 heteroatoms. The molecule has 1 aliphatic carbocycles. The molecule has 0 aromatic heterocycles. The van der Waals surface area contributed by atoms with E-state index in [1.807, 2.05) is 18.2 Å². The van der Waals surface area contributed by atoms with E-state index in [-0.39, 0.29) is 11.0 Å². The number of carboxylic acids is 1. The van der Waals surface area contributed by atoms with Crippen molar-refractivity contribution < 1.29 is 9.90 Å². The lowest BCUT2D eigenvalue weighted by atomic mass is 9.99. The van der Waals surface area contributed by atoms with Gasteiger partial charge in [-0.1, -0.05) is 48.6 Å². The summed E-state index contributed by atoms with van der Waals surface area (Å²) in [5.41, 5.74) is 2.39. The van der Waals surface area contributed by atoms with Crippen LogP contribution in [0.2, 0.25) is 0 Å². The van der Waals surface area contributed by atoms with Gasteiger partial charge in [0.25, 0.3) is 0 Å². The lowest BCUT2D eigenvalue weighted by molar-refractivity contribution is -0.133. The summed E-state index contributed by atoms with van der Waals surface area (Å²) in [7, 11) is 0. The number of aliphatic carboxylic acids is 1. The number of carboxylic acid groups (broad SMARTS) is 1. The molecule has 2 rings (SSSR count). The Labute approximate surface area is 111 Å². The van der Waals surface area contributed by atoms with Crippen molar-refractivity contribution in [1.29, 1.82) is 0 Å². The fraction of sp³-hybridized carbons (Fsp3) is 0.267. The predicted octanol–water partition coefficient (Wildman–Crippen LogP) is 3.82.